The highest BCUT2D eigenvalue weighted by molar-refractivity contribution is 5.26. The van der Waals surface area contributed by atoms with Crippen molar-refractivity contribution in [2.45, 2.75) is 53.1 Å². The van der Waals surface area contributed by atoms with Gasteiger partial charge in [-0.1, -0.05) is 13.8 Å². The molecular weight excluding hydrogens is 186 g/mol. The first-order chi connectivity index (χ1) is 7.13. The largest absolute Gasteiger partial charge is 0.353 e. The van der Waals surface area contributed by atoms with Crippen LogP contribution in [-0.2, 0) is 6.54 Å². The Hall–Kier alpha value is -0.990. The van der Waals surface area contributed by atoms with Gasteiger partial charge in [-0.25, -0.2) is 4.98 Å². The van der Waals surface area contributed by atoms with E-state index in [2.05, 4.69) is 42.6 Å². The Balaban J connectivity index is 2.40. The van der Waals surface area contributed by atoms with E-state index in [1.165, 1.54) is 12.8 Å². The second kappa shape index (κ2) is 5.79. The van der Waals surface area contributed by atoms with Crippen LogP contribution in [-0.4, -0.2) is 15.6 Å². The van der Waals surface area contributed by atoms with E-state index >= 15 is 0 Å². The summed E-state index contributed by atoms with van der Waals surface area (Å²) >= 11 is 0. The highest BCUT2D eigenvalue weighted by Gasteiger charge is 2.06. The fourth-order valence-corrected chi connectivity index (χ4v) is 1.58. The third kappa shape index (κ3) is 3.94. The summed E-state index contributed by atoms with van der Waals surface area (Å²) in [6.45, 7) is 9.85. The van der Waals surface area contributed by atoms with Crippen LogP contribution >= 0.6 is 0 Å². The van der Waals surface area contributed by atoms with Crippen molar-refractivity contribution < 1.29 is 0 Å². The molecule has 1 unspecified atom stereocenters. The number of rotatable bonds is 6. The monoisotopic (exact) mass is 209 g/mol. The molecule has 0 radical (unpaired) electrons. The minimum atomic E-state index is 0.500. The van der Waals surface area contributed by atoms with Crippen LogP contribution in [0.1, 0.15) is 40.5 Å². The van der Waals surface area contributed by atoms with Gasteiger partial charge in [0.15, 0.2) is 0 Å². The summed E-state index contributed by atoms with van der Waals surface area (Å²) in [5.74, 6) is 1.77. The van der Waals surface area contributed by atoms with Crippen LogP contribution in [0.15, 0.2) is 12.4 Å². The summed E-state index contributed by atoms with van der Waals surface area (Å²) in [5.41, 5.74) is 0. The van der Waals surface area contributed by atoms with E-state index in [-0.39, 0.29) is 0 Å². The van der Waals surface area contributed by atoms with Gasteiger partial charge in [0.1, 0.15) is 0 Å². The van der Waals surface area contributed by atoms with Gasteiger partial charge in [-0.05, 0) is 32.6 Å². The topological polar surface area (TPSA) is 29.9 Å². The van der Waals surface area contributed by atoms with Gasteiger partial charge in [-0.2, -0.15) is 0 Å². The third-order valence-corrected chi connectivity index (χ3v) is 2.61. The van der Waals surface area contributed by atoms with Crippen molar-refractivity contribution in [3.63, 3.8) is 0 Å². The molecule has 0 aliphatic carbocycles. The lowest BCUT2D eigenvalue weighted by Crippen LogP contribution is -2.18. The molecule has 1 N–H and O–H groups in total. The van der Waals surface area contributed by atoms with Gasteiger partial charge in [-0.3, -0.25) is 0 Å². The quantitative estimate of drug-likeness (QED) is 0.780. The lowest BCUT2D eigenvalue weighted by molar-refractivity contribution is 0.525. The van der Waals surface area contributed by atoms with E-state index in [0.717, 1.165) is 18.4 Å². The number of aromatic nitrogens is 2. The molecule has 0 bridgehead atoms. The summed E-state index contributed by atoms with van der Waals surface area (Å²) in [6, 6.07) is 0.500. The molecule has 0 saturated heterocycles. The Morgan fingerprint density at radius 1 is 1.33 bits per heavy atom. The van der Waals surface area contributed by atoms with Crippen LogP contribution in [0.2, 0.25) is 0 Å². The maximum Gasteiger partial charge on any atom is 0.202 e. The van der Waals surface area contributed by atoms with Crippen molar-refractivity contribution in [3.05, 3.63) is 12.4 Å². The molecule has 0 aromatic carbocycles. The van der Waals surface area contributed by atoms with E-state index in [1.807, 2.05) is 12.4 Å². The number of nitrogens with zero attached hydrogens (tertiary/aromatic N) is 2. The molecule has 0 aliphatic heterocycles. The van der Waals surface area contributed by atoms with Gasteiger partial charge in [-0.15, -0.1) is 0 Å². The van der Waals surface area contributed by atoms with Gasteiger partial charge in [0.05, 0.1) is 0 Å². The van der Waals surface area contributed by atoms with Crippen molar-refractivity contribution >= 4 is 5.95 Å². The highest BCUT2D eigenvalue weighted by atomic mass is 15.2. The number of hydrogen-bond donors (Lipinski definition) is 1. The standard InChI is InChI=1S/C12H23N3/c1-5-15-9-8-13-12(15)14-11(4)7-6-10(2)3/h8-11H,5-7H2,1-4H3,(H,13,14). The Bertz CT molecular complexity index is 278. The van der Waals surface area contributed by atoms with Gasteiger partial charge in [0.2, 0.25) is 5.95 Å². The molecule has 86 valence electrons. The molecule has 1 aromatic rings. The maximum absolute atomic E-state index is 4.31. The van der Waals surface area contributed by atoms with Crippen LogP contribution in [0.4, 0.5) is 5.95 Å². The number of aryl methyl sites for hydroxylation is 1. The Morgan fingerprint density at radius 3 is 2.67 bits per heavy atom. The predicted octanol–water partition coefficient (Wildman–Crippen LogP) is 3.14. The third-order valence-electron chi connectivity index (χ3n) is 2.61. The fourth-order valence-electron chi connectivity index (χ4n) is 1.58. The predicted molar refractivity (Wildman–Crippen MR) is 65.1 cm³/mol. The van der Waals surface area contributed by atoms with Gasteiger partial charge < -0.3 is 9.88 Å². The maximum atomic E-state index is 4.31. The lowest BCUT2D eigenvalue weighted by Gasteiger charge is -2.16. The fraction of sp³-hybridized carbons (Fsp3) is 0.750. The van der Waals surface area contributed by atoms with Crippen molar-refractivity contribution in [1.29, 1.82) is 0 Å². The van der Waals surface area contributed by atoms with Crippen LogP contribution in [0.25, 0.3) is 0 Å². The molecular formula is C12H23N3. The zero-order chi connectivity index (χ0) is 11.3. The highest BCUT2D eigenvalue weighted by Crippen LogP contribution is 2.11. The zero-order valence-corrected chi connectivity index (χ0v) is 10.3. The molecule has 0 saturated carbocycles. The SMILES string of the molecule is CCn1ccnc1NC(C)CCC(C)C. The first-order valence-electron chi connectivity index (χ1n) is 5.91. The summed E-state index contributed by atoms with van der Waals surface area (Å²) < 4.78 is 2.13. The molecule has 1 heterocycles. The molecule has 3 nitrogen and oxygen atoms in total. The molecule has 1 atom stereocenters. The average molecular weight is 209 g/mol. The van der Waals surface area contributed by atoms with Crippen LogP contribution in [0.3, 0.4) is 0 Å². The smallest absolute Gasteiger partial charge is 0.202 e. The second-order valence-electron chi connectivity index (χ2n) is 4.55. The molecule has 3 heteroatoms. The van der Waals surface area contributed by atoms with Crippen LogP contribution in [0.5, 0.6) is 0 Å². The minimum absolute atomic E-state index is 0.500. The van der Waals surface area contributed by atoms with E-state index in [1.54, 1.807) is 0 Å². The molecule has 0 spiro atoms. The van der Waals surface area contributed by atoms with Gasteiger partial charge in [0, 0.05) is 25.0 Å². The number of anilines is 1. The van der Waals surface area contributed by atoms with E-state index in [4.69, 9.17) is 0 Å². The summed E-state index contributed by atoms with van der Waals surface area (Å²) in [7, 11) is 0. The number of nitrogens with one attached hydrogen (secondary N) is 1. The van der Waals surface area contributed by atoms with Crippen LogP contribution < -0.4 is 5.32 Å². The van der Waals surface area contributed by atoms with E-state index in [0.29, 0.717) is 6.04 Å². The molecule has 0 amide bonds. The zero-order valence-electron chi connectivity index (χ0n) is 10.3. The Morgan fingerprint density at radius 2 is 2.07 bits per heavy atom. The van der Waals surface area contributed by atoms with Crippen molar-refractivity contribution in [1.82, 2.24) is 9.55 Å². The first-order valence-corrected chi connectivity index (χ1v) is 5.91. The first kappa shape index (κ1) is 12.1. The number of hydrogen-bond acceptors (Lipinski definition) is 2. The van der Waals surface area contributed by atoms with Gasteiger partial charge >= 0.3 is 0 Å². The summed E-state index contributed by atoms with van der Waals surface area (Å²) in [4.78, 5) is 4.31. The number of imidazole rings is 1. The van der Waals surface area contributed by atoms with Crippen molar-refractivity contribution in [2.24, 2.45) is 5.92 Å². The van der Waals surface area contributed by atoms with E-state index in [9.17, 15) is 0 Å². The summed E-state index contributed by atoms with van der Waals surface area (Å²) in [5, 5.41) is 3.45. The van der Waals surface area contributed by atoms with Crippen molar-refractivity contribution in [2.75, 3.05) is 5.32 Å². The summed E-state index contributed by atoms with van der Waals surface area (Å²) in [6.07, 6.45) is 6.33. The normalized spacial score (nSPS) is 13.1. The molecule has 15 heavy (non-hydrogen) atoms. The van der Waals surface area contributed by atoms with Crippen LogP contribution in [0, 0.1) is 5.92 Å². The Labute approximate surface area is 92.9 Å². The second-order valence-corrected chi connectivity index (χ2v) is 4.55. The molecule has 0 aliphatic rings. The molecule has 1 aromatic heterocycles. The Kier molecular flexibility index (Phi) is 4.66. The van der Waals surface area contributed by atoms with Crippen molar-refractivity contribution in [3.8, 4) is 0 Å². The average Bonchev–Trinajstić information content (AvgIpc) is 2.62. The minimum Gasteiger partial charge on any atom is -0.353 e. The lowest BCUT2D eigenvalue weighted by atomic mass is 10.0. The molecule has 0 fully saturated rings. The molecule has 1 rings (SSSR count). The van der Waals surface area contributed by atoms with E-state index < -0.39 is 0 Å². The van der Waals surface area contributed by atoms with Gasteiger partial charge in [0.25, 0.3) is 0 Å².